The molecule has 0 saturated carbocycles. The molecule has 3 heterocycles. The molecule has 1 saturated heterocycles. The second-order valence-electron chi connectivity index (χ2n) is 9.62. The number of nitrogens with one attached hydrogen (secondary N) is 1. The molecule has 3 aliphatic rings. The van der Waals surface area contributed by atoms with E-state index in [0.29, 0.717) is 18.6 Å². The van der Waals surface area contributed by atoms with Crippen molar-refractivity contribution in [1.82, 2.24) is 15.2 Å². The third kappa shape index (κ3) is 3.52. The van der Waals surface area contributed by atoms with Crippen LogP contribution in [0.25, 0.3) is 0 Å². The van der Waals surface area contributed by atoms with Gasteiger partial charge in [-0.25, -0.2) is 9.80 Å². The lowest BCUT2D eigenvalue weighted by atomic mass is 9.76. The van der Waals surface area contributed by atoms with E-state index in [1.165, 1.54) is 5.01 Å². The van der Waals surface area contributed by atoms with Gasteiger partial charge in [-0.2, -0.15) is 5.10 Å². The Morgan fingerprint density at radius 1 is 1.11 bits per heavy atom. The molecule has 1 spiro atoms. The van der Waals surface area contributed by atoms with Crippen molar-refractivity contribution in [2.24, 2.45) is 5.10 Å². The molecule has 182 valence electrons. The summed E-state index contributed by atoms with van der Waals surface area (Å²) in [5, 5.41) is 8.90. The molecule has 8 nitrogen and oxygen atoms in total. The van der Waals surface area contributed by atoms with Gasteiger partial charge in [-0.15, -0.1) is 0 Å². The number of carbonyl (C=O) groups is 3. The molecule has 4 amide bonds. The Kier molecular flexibility index (Phi) is 5.25. The fourth-order valence-electron chi connectivity index (χ4n) is 5.53. The van der Waals surface area contributed by atoms with Gasteiger partial charge in [0.25, 0.3) is 11.8 Å². The molecule has 0 radical (unpaired) electrons. The Morgan fingerprint density at radius 2 is 1.92 bits per heavy atom. The van der Waals surface area contributed by atoms with Gasteiger partial charge in [0.2, 0.25) is 0 Å². The SMILES string of the molecule is Cc1ccc(C2=NN(C(=O)CN3C(=O)N[C@@]4(CCCc5ccccc54)C3=O)[C@H](c3ccco3)C2)cc1. The number of imide groups is 1. The van der Waals surface area contributed by atoms with Gasteiger partial charge in [0.1, 0.15) is 23.9 Å². The summed E-state index contributed by atoms with van der Waals surface area (Å²) in [6.45, 7) is 1.62. The van der Waals surface area contributed by atoms with Crippen LogP contribution in [0.2, 0.25) is 0 Å². The normalized spacial score (nSPS) is 23.1. The first kappa shape index (κ1) is 22.3. The van der Waals surface area contributed by atoms with Crippen molar-refractivity contribution in [3.63, 3.8) is 0 Å². The van der Waals surface area contributed by atoms with E-state index < -0.39 is 30.1 Å². The van der Waals surface area contributed by atoms with Gasteiger partial charge in [-0.05, 0) is 55.0 Å². The molecule has 3 aromatic rings. The quantitative estimate of drug-likeness (QED) is 0.568. The van der Waals surface area contributed by atoms with Crippen LogP contribution in [-0.2, 0) is 21.5 Å². The number of benzene rings is 2. The average molecular weight is 483 g/mol. The summed E-state index contributed by atoms with van der Waals surface area (Å²) >= 11 is 0. The zero-order chi connectivity index (χ0) is 24.9. The zero-order valence-corrected chi connectivity index (χ0v) is 19.9. The predicted octanol–water partition coefficient (Wildman–Crippen LogP) is 4.05. The minimum absolute atomic E-state index is 0.385. The second kappa shape index (κ2) is 8.48. The molecule has 0 bridgehead atoms. The Morgan fingerprint density at radius 3 is 2.69 bits per heavy atom. The monoisotopic (exact) mass is 482 g/mol. The summed E-state index contributed by atoms with van der Waals surface area (Å²) in [6, 6.07) is 18.2. The van der Waals surface area contributed by atoms with E-state index in [-0.39, 0.29) is 5.91 Å². The highest BCUT2D eigenvalue weighted by Gasteiger charge is 2.54. The Hall–Kier alpha value is -4.20. The van der Waals surface area contributed by atoms with Crippen LogP contribution in [0, 0.1) is 6.92 Å². The molecule has 8 heteroatoms. The van der Waals surface area contributed by atoms with Crippen molar-refractivity contribution in [3.05, 3.63) is 94.9 Å². The molecular formula is C28H26N4O4. The van der Waals surface area contributed by atoms with Crippen LogP contribution in [0.4, 0.5) is 4.79 Å². The minimum atomic E-state index is -1.12. The Bertz CT molecular complexity index is 1380. The Labute approximate surface area is 208 Å². The number of carbonyl (C=O) groups excluding carboxylic acids is 3. The highest BCUT2D eigenvalue weighted by molar-refractivity contribution is 6.10. The molecular weight excluding hydrogens is 456 g/mol. The third-order valence-electron chi connectivity index (χ3n) is 7.37. The van der Waals surface area contributed by atoms with E-state index in [9.17, 15) is 14.4 Å². The first-order valence-electron chi connectivity index (χ1n) is 12.2. The summed E-state index contributed by atoms with van der Waals surface area (Å²) in [7, 11) is 0. The van der Waals surface area contributed by atoms with Crippen molar-refractivity contribution in [3.8, 4) is 0 Å². The largest absolute Gasteiger partial charge is 0.467 e. The standard InChI is InChI=1S/C28H26N4O4/c1-18-10-12-20(13-11-18)22-16-23(24-9-5-15-36-24)32(30-22)25(33)17-31-26(34)28(29-27(31)35)14-4-7-19-6-2-3-8-21(19)28/h2-3,5-6,8-13,15,23H,4,7,14,16-17H2,1H3,(H,29,35)/t23-,28+/m0/s1. The number of aryl methyl sites for hydroxylation is 2. The van der Waals surface area contributed by atoms with Crippen molar-refractivity contribution in [1.29, 1.82) is 0 Å². The Balaban J connectivity index is 1.29. The molecule has 6 rings (SSSR count). The van der Waals surface area contributed by atoms with Crippen molar-refractivity contribution < 1.29 is 18.8 Å². The highest BCUT2D eigenvalue weighted by atomic mass is 16.3. The van der Waals surface area contributed by atoms with Gasteiger partial charge >= 0.3 is 6.03 Å². The third-order valence-corrected chi connectivity index (χ3v) is 7.37. The molecule has 2 aliphatic heterocycles. The second-order valence-corrected chi connectivity index (χ2v) is 9.62. The number of furan rings is 1. The summed E-state index contributed by atoms with van der Waals surface area (Å²) in [4.78, 5) is 41.2. The minimum Gasteiger partial charge on any atom is -0.467 e. The lowest BCUT2D eigenvalue weighted by molar-refractivity contribution is -0.140. The van der Waals surface area contributed by atoms with Gasteiger partial charge < -0.3 is 9.73 Å². The molecule has 1 aliphatic carbocycles. The van der Waals surface area contributed by atoms with Crippen LogP contribution in [0.15, 0.2) is 76.4 Å². The van der Waals surface area contributed by atoms with Crippen molar-refractivity contribution in [2.45, 2.75) is 44.2 Å². The fourth-order valence-corrected chi connectivity index (χ4v) is 5.53. The van der Waals surface area contributed by atoms with E-state index in [0.717, 1.165) is 45.7 Å². The van der Waals surface area contributed by atoms with Crippen molar-refractivity contribution >= 4 is 23.6 Å². The van der Waals surface area contributed by atoms with E-state index in [1.54, 1.807) is 18.4 Å². The van der Waals surface area contributed by atoms with Gasteiger partial charge in [-0.1, -0.05) is 54.1 Å². The van der Waals surface area contributed by atoms with Crippen LogP contribution in [-0.4, -0.2) is 40.0 Å². The number of nitrogens with zero attached hydrogens (tertiary/aromatic N) is 3. The maximum absolute atomic E-state index is 13.7. The number of amides is 4. The van der Waals surface area contributed by atoms with Crippen LogP contribution < -0.4 is 5.32 Å². The van der Waals surface area contributed by atoms with E-state index >= 15 is 0 Å². The van der Waals surface area contributed by atoms with Gasteiger partial charge in [0.15, 0.2) is 0 Å². The number of fused-ring (bicyclic) bond motifs is 2. The maximum atomic E-state index is 13.7. The molecule has 36 heavy (non-hydrogen) atoms. The van der Waals surface area contributed by atoms with E-state index in [2.05, 4.69) is 10.4 Å². The lowest BCUT2D eigenvalue weighted by Crippen LogP contribution is -2.47. The van der Waals surface area contributed by atoms with Gasteiger partial charge in [-0.3, -0.25) is 14.5 Å². The van der Waals surface area contributed by atoms with Crippen LogP contribution in [0.3, 0.4) is 0 Å². The lowest BCUT2D eigenvalue weighted by Gasteiger charge is -2.33. The molecule has 2 aromatic carbocycles. The summed E-state index contributed by atoms with van der Waals surface area (Å²) in [5.74, 6) is -0.225. The number of urea groups is 1. The summed E-state index contributed by atoms with van der Waals surface area (Å²) in [5.41, 5.74) is 3.55. The molecule has 1 N–H and O–H groups in total. The topological polar surface area (TPSA) is 95.2 Å². The number of hydrogen-bond acceptors (Lipinski definition) is 5. The molecule has 1 fully saturated rings. The number of hydrazone groups is 1. The van der Waals surface area contributed by atoms with Crippen LogP contribution in [0.5, 0.6) is 0 Å². The fraction of sp³-hybridized carbons (Fsp3) is 0.286. The van der Waals surface area contributed by atoms with Crippen molar-refractivity contribution in [2.75, 3.05) is 6.54 Å². The zero-order valence-electron chi connectivity index (χ0n) is 19.9. The van der Waals surface area contributed by atoms with E-state index in [1.807, 2.05) is 55.5 Å². The first-order chi connectivity index (χ1) is 17.5. The highest BCUT2D eigenvalue weighted by Crippen LogP contribution is 2.40. The van der Waals surface area contributed by atoms with E-state index in [4.69, 9.17) is 4.42 Å². The predicted molar refractivity (Wildman–Crippen MR) is 132 cm³/mol. The number of rotatable bonds is 4. The van der Waals surface area contributed by atoms with Crippen LogP contribution in [0.1, 0.15) is 53.3 Å². The first-order valence-corrected chi connectivity index (χ1v) is 12.2. The molecule has 2 atom stereocenters. The maximum Gasteiger partial charge on any atom is 0.325 e. The molecule has 0 unspecified atom stereocenters. The van der Waals surface area contributed by atoms with Crippen LogP contribution >= 0.6 is 0 Å². The number of hydrogen-bond donors (Lipinski definition) is 1. The smallest absolute Gasteiger partial charge is 0.325 e. The average Bonchev–Trinajstić information content (AvgIpc) is 3.61. The molecule has 1 aromatic heterocycles. The van der Waals surface area contributed by atoms with Gasteiger partial charge in [0, 0.05) is 6.42 Å². The summed E-state index contributed by atoms with van der Waals surface area (Å²) in [6.07, 6.45) is 4.17. The van der Waals surface area contributed by atoms with Gasteiger partial charge in [0.05, 0.1) is 12.0 Å². The summed E-state index contributed by atoms with van der Waals surface area (Å²) < 4.78 is 5.62.